The second-order valence-electron chi connectivity index (χ2n) is 6.04. The van der Waals surface area contributed by atoms with E-state index < -0.39 is 0 Å². The number of nitrogens with zero attached hydrogens (tertiary/aromatic N) is 2. The summed E-state index contributed by atoms with van der Waals surface area (Å²) in [5.41, 5.74) is 2.23. The molecule has 1 aromatic carbocycles. The smallest absolute Gasteiger partial charge is 0.142 e. The van der Waals surface area contributed by atoms with Crippen LogP contribution in [-0.4, -0.2) is 16.6 Å². The molecule has 0 radical (unpaired) electrons. The summed E-state index contributed by atoms with van der Waals surface area (Å²) in [6.45, 7) is 9.24. The van der Waals surface area contributed by atoms with Gasteiger partial charge in [-0.05, 0) is 49.6 Å². The molecule has 3 rings (SSSR count). The van der Waals surface area contributed by atoms with Gasteiger partial charge < -0.3 is 10.1 Å². The normalized spacial score (nSPS) is 11.2. The van der Waals surface area contributed by atoms with E-state index in [1.165, 1.54) is 10.4 Å². The second kappa shape index (κ2) is 6.54. The Hall–Kier alpha value is -2.14. The van der Waals surface area contributed by atoms with Crippen LogP contribution in [-0.2, 0) is 0 Å². The van der Waals surface area contributed by atoms with E-state index in [-0.39, 0.29) is 0 Å². The molecule has 0 spiro atoms. The molecule has 2 aromatic heterocycles. The highest BCUT2D eigenvalue weighted by Gasteiger charge is 2.12. The summed E-state index contributed by atoms with van der Waals surface area (Å²) in [7, 11) is 0. The monoisotopic (exact) mass is 327 g/mol. The maximum atomic E-state index is 5.71. The zero-order chi connectivity index (χ0) is 16.4. The Morgan fingerprint density at radius 2 is 1.87 bits per heavy atom. The van der Waals surface area contributed by atoms with Crippen molar-refractivity contribution < 1.29 is 4.74 Å². The first kappa shape index (κ1) is 15.7. The van der Waals surface area contributed by atoms with Crippen LogP contribution < -0.4 is 10.1 Å². The second-order valence-corrected chi connectivity index (χ2v) is 7.24. The van der Waals surface area contributed by atoms with Crippen LogP contribution in [0, 0.1) is 19.8 Å². The van der Waals surface area contributed by atoms with Gasteiger partial charge in [-0.15, -0.1) is 11.3 Å². The first-order chi connectivity index (χ1) is 11.0. The zero-order valence-corrected chi connectivity index (χ0v) is 14.7. The van der Waals surface area contributed by atoms with Crippen molar-refractivity contribution in [2.45, 2.75) is 27.7 Å². The lowest BCUT2D eigenvalue weighted by molar-refractivity contribution is 0.271. The molecule has 120 valence electrons. The van der Waals surface area contributed by atoms with Crippen molar-refractivity contribution in [1.29, 1.82) is 0 Å². The molecule has 0 fully saturated rings. The van der Waals surface area contributed by atoms with E-state index in [4.69, 9.17) is 4.74 Å². The third kappa shape index (κ3) is 3.45. The van der Waals surface area contributed by atoms with E-state index in [2.05, 4.69) is 43.0 Å². The van der Waals surface area contributed by atoms with Crippen LogP contribution >= 0.6 is 11.3 Å². The van der Waals surface area contributed by atoms with Crippen LogP contribution in [0.25, 0.3) is 10.2 Å². The predicted octanol–water partition coefficient (Wildman–Crippen LogP) is 5.09. The summed E-state index contributed by atoms with van der Waals surface area (Å²) >= 11 is 1.70. The molecule has 0 aliphatic rings. The van der Waals surface area contributed by atoms with Crippen molar-refractivity contribution in [3.05, 3.63) is 41.0 Å². The van der Waals surface area contributed by atoms with Crippen LogP contribution in [0.5, 0.6) is 5.75 Å². The molecule has 0 amide bonds. The van der Waals surface area contributed by atoms with Gasteiger partial charge in [0.05, 0.1) is 12.0 Å². The topological polar surface area (TPSA) is 47.0 Å². The summed E-state index contributed by atoms with van der Waals surface area (Å²) in [4.78, 5) is 11.1. The number of fused-ring (bicyclic) bond motifs is 1. The van der Waals surface area contributed by atoms with Crippen LogP contribution in [0.4, 0.5) is 11.5 Å². The van der Waals surface area contributed by atoms with Gasteiger partial charge in [0.1, 0.15) is 22.7 Å². The maximum Gasteiger partial charge on any atom is 0.142 e. The highest BCUT2D eigenvalue weighted by molar-refractivity contribution is 7.18. The number of aryl methyl sites for hydroxylation is 2. The van der Waals surface area contributed by atoms with E-state index in [0.29, 0.717) is 5.92 Å². The average Bonchev–Trinajstić information content (AvgIpc) is 2.82. The minimum absolute atomic E-state index is 0.520. The Bertz CT molecular complexity index is 809. The molecule has 1 N–H and O–H groups in total. The summed E-state index contributed by atoms with van der Waals surface area (Å²) in [5.74, 6) is 2.26. The lowest BCUT2D eigenvalue weighted by Crippen LogP contribution is -2.04. The molecular formula is C18H21N3OS. The average molecular weight is 327 g/mol. The molecule has 23 heavy (non-hydrogen) atoms. The largest absolute Gasteiger partial charge is 0.493 e. The summed E-state index contributed by atoms with van der Waals surface area (Å²) in [6.07, 6.45) is 1.61. The van der Waals surface area contributed by atoms with Crippen molar-refractivity contribution >= 4 is 33.1 Å². The minimum atomic E-state index is 0.520. The van der Waals surface area contributed by atoms with Gasteiger partial charge in [-0.25, -0.2) is 9.97 Å². The summed E-state index contributed by atoms with van der Waals surface area (Å²) in [6, 6.07) is 7.99. The molecule has 4 nitrogen and oxygen atoms in total. The van der Waals surface area contributed by atoms with Crippen LogP contribution in [0.1, 0.15) is 24.3 Å². The number of aromatic nitrogens is 2. The molecule has 0 aliphatic carbocycles. The Kier molecular flexibility index (Phi) is 4.48. The molecule has 0 atom stereocenters. The summed E-state index contributed by atoms with van der Waals surface area (Å²) in [5, 5.41) is 4.50. The number of benzene rings is 1. The van der Waals surface area contributed by atoms with Gasteiger partial charge in [0.2, 0.25) is 0 Å². The van der Waals surface area contributed by atoms with Gasteiger partial charge >= 0.3 is 0 Å². The summed E-state index contributed by atoms with van der Waals surface area (Å²) < 4.78 is 5.71. The van der Waals surface area contributed by atoms with Crippen LogP contribution in [0.3, 0.4) is 0 Å². The van der Waals surface area contributed by atoms with Gasteiger partial charge in [-0.2, -0.15) is 0 Å². The molecule has 0 bridgehead atoms. The standard InChI is InChI=1S/C18H21N3OS/c1-11(2)9-22-15-7-5-14(6-8-15)21-17-16-12(3)13(4)23-18(16)20-10-19-17/h5-8,10-11H,9H2,1-4H3,(H,19,20,21). The van der Waals surface area contributed by atoms with Gasteiger partial charge in [0, 0.05) is 10.6 Å². The van der Waals surface area contributed by atoms with Crippen molar-refractivity contribution in [2.75, 3.05) is 11.9 Å². The Balaban J connectivity index is 1.82. The fraction of sp³-hybridized carbons (Fsp3) is 0.333. The number of ether oxygens (including phenoxy) is 1. The van der Waals surface area contributed by atoms with Crippen LogP contribution in [0.15, 0.2) is 30.6 Å². The van der Waals surface area contributed by atoms with E-state index in [0.717, 1.165) is 34.1 Å². The third-order valence-electron chi connectivity index (χ3n) is 3.67. The highest BCUT2D eigenvalue weighted by Crippen LogP contribution is 2.33. The molecule has 0 aliphatic heterocycles. The van der Waals surface area contributed by atoms with E-state index in [1.54, 1.807) is 17.7 Å². The molecule has 5 heteroatoms. The van der Waals surface area contributed by atoms with Gasteiger partial charge in [-0.3, -0.25) is 0 Å². The predicted molar refractivity (Wildman–Crippen MR) is 96.9 cm³/mol. The van der Waals surface area contributed by atoms with Gasteiger partial charge in [0.25, 0.3) is 0 Å². The molecule has 0 saturated heterocycles. The quantitative estimate of drug-likeness (QED) is 0.709. The molecule has 2 heterocycles. The number of hydrogen-bond acceptors (Lipinski definition) is 5. The number of anilines is 2. The fourth-order valence-electron chi connectivity index (χ4n) is 2.31. The minimum Gasteiger partial charge on any atom is -0.493 e. The Labute approximate surface area is 140 Å². The number of rotatable bonds is 5. The van der Waals surface area contributed by atoms with E-state index in [1.807, 2.05) is 24.3 Å². The lowest BCUT2D eigenvalue weighted by atomic mass is 10.2. The number of thiophene rings is 1. The zero-order valence-electron chi connectivity index (χ0n) is 13.9. The number of hydrogen-bond donors (Lipinski definition) is 1. The number of nitrogens with one attached hydrogen (secondary N) is 1. The van der Waals surface area contributed by atoms with Crippen molar-refractivity contribution in [1.82, 2.24) is 9.97 Å². The van der Waals surface area contributed by atoms with E-state index in [9.17, 15) is 0 Å². The van der Waals surface area contributed by atoms with Crippen molar-refractivity contribution in [2.24, 2.45) is 5.92 Å². The highest BCUT2D eigenvalue weighted by atomic mass is 32.1. The lowest BCUT2D eigenvalue weighted by Gasteiger charge is -2.10. The molecule has 3 aromatic rings. The van der Waals surface area contributed by atoms with Crippen LogP contribution in [0.2, 0.25) is 0 Å². The fourth-order valence-corrected chi connectivity index (χ4v) is 3.31. The molecule has 0 saturated carbocycles. The molecule has 0 unspecified atom stereocenters. The Morgan fingerprint density at radius 1 is 1.13 bits per heavy atom. The van der Waals surface area contributed by atoms with E-state index >= 15 is 0 Å². The third-order valence-corrected chi connectivity index (χ3v) is 4.78. The first-order valence-corrected chi connectivity index (χ1v) is 8.57. The maximum absolute atomic E-state index is 5.71. The van der Waals surface area contributed by atoms with Gasteiger partial charge in [0.15, 0.2) is 0 Å². The SMILES string of the molecule is Cc1sc2ncnc(Nc3ccc(OCC(C)C)cc3)c2c1C. The first-order valence-electron chi connectivity index (χ1n) is 7.75. The van der Waals surface area contributed by atoms with Crippen molar-refractivity contribution in [3.63, 3.8) is 0 Å². The van der Waals surface area contributed by atoms with Gasteiger partial charge in [-0.1, -0.05) is 13.8 Å². The van der Waals surface area contributed by atoms with Crippen molar-refractivity contribution in [3.8, 4) is 5.75 Å². The molecular weight excluding hydrogens is 306 g/mol. The Morgan fingerprint density at radius 3 is 2.57 bits per heavy atom.